The second kappa shape index (κ2) is 4.23. The number of para-hydroxylation sites is 1. The van der Waals surface area contributed by atoms with E-state index in [1.54, 1.807) is 6.07 Å². The molecular formula is C13H13NO2. The van der Waals surface area contributed by atoms with Crippen molar-refractivity contribution in [1.29, 1.82) is 0 Å². The van der Waals surface area contributed by atoms with Crippen molar-refractivity contribution in [2.45, 2.75) is 6.92 Å². The first-order valence-electron chi connectivity index (χ1n) is 5.05. The molecule has 0 aliphatic heterocycles. The molecule has 0 bridgehead atoms. The SMILES string of the molecule is COC(=O)c1cccn1-c1ccccc1C. The first-order chi connectivity index (χ1) is 7.74. The third-order valence-electron chi connectivity index (χ3n) is 2.52. The molecule has 2 rings (SSSR count). The van der Waals surface area contributed by atoms with Crippen LogP contribution in [-0.4, -0.2) is 17.6 Å². The Hall–Kier alpha value is -2.03. The highest BCUT2D eigenvalue weighted by molar-refractivity contribution is 5.88. The Kier molecular flexibility index (Phi) is 2.77. The average molecular weight is 215 g/mol. The third kappa shape index (κ3) is 1.72. The fourth-order valence-corrected chi connectivity index (χ4v) is 1.70. The summed E-state index contributed by atoms with van der Waals surface area (Å²) in [4.78, 5) is 11.5. The van der Waals surface area contributed by atoms with E-state index >= 15 is 0 Å². The zero-order valence-corrected chi connectivity index (χ0v) is 9.31. The second-order valence-electron chi connectivity index (χ2n) is 3.54. The van der Waals surface area contributed by atoms with E-state index in [1.165, 1.54) is 7.11 Å². The van der Waals surface area contributed by atoms with Crippen LogP contribution in [0.3, 0.4) is 0 Å². The monoisotopic (exact) mass is 215 g/mol. The fraction of sp³-hybridized carbons (Fsp3) is 0.154. The van der Waals surface area contributed by atoms with E-state index in [9.17, 15) is 4.79 Å². The number of ether oxygens (including phenoxy) is 1. The number of nitrogens with zero attached hydrogens (tertiary/aromatic N) is 1. The van der Waals surface area contributed by atoms with Crippen LogP contribution in [0.5, 0.6) is 0 Å². The van der Waals surface area contributed by atoms with Crippen LogP contribution >= 0.6 is 0 Å². The minimum Gasteiger partial charge on any atom is -0.464 e. The normalized spacial score (nSPS) is 10.1. The van der Waals surface area contributed by atoms with Gasteiger partial charge in [0.2, 0.25) is 0 Å². The molecule has 0 radical (unpaired) electrons. The number of carbonyl (C=O) groups is 1. The Bertz CT molecular complexity index is 514. The molecule has 0 atom stereocenters. The Morgan fingerprint density at radius 2 is 1.94 bits per heavy atom. The number of esters is 1. The van der Waals surface area contributed by atoms with Crippen molar-refractivity contribution in [1.82, 2.24) is 4.57 Å². The quantitative estimate of drug-likeness (QED) is 0.721. The molecule has 2 aromatic rings. The largest absolute Gasteiger partial charge is 0.464 e. The van der Waals surface area contributed by atoms with Crippen molar-refractivity contribution < 1.29 is 9.53 Å². The van der Waals surface area contributed by atoms with Crippen LogP contribution in [0, 0.1) is 6.92 Å². The summed E-state index contributed by atoms with van der Waals surface area (Å²) >= 11 is 0. The predicted octanol–water partition coefficient (Wildman–Crippen LogP) is 2.57. The van der Waals surface area contributed by atoms with Crippen molar-refractivity contribution in [3.8, 4) is 5.69 Å². The van der Waals surface area contributed by atoms with E-state index in [4.69, 9.17) is 4.74 Å². The maximum absolute atomic E-state index is 11.5. The van der Waals surface area contributed by atoms with Gasteiger partial charge >= 0.3 is 5.97 Å². The molecule has 0 N–H and O–H groups in total. The van der Waals surface area contributed by atoms with Gasteiger partial charge in [0, 0.05) is 11.9 Å². The first kappa shape index (κ1) is 10.5. The highest BCUT2D eigenvalue weighted by Crippen LogP contribution is 2.17. The summed E-state index contributed by atoms with van der Waals surface area (Å²) < 4.78 is 6.57. The van der Waals surface area contributed by atoms with Gasteiger partial charge in [-0.2, -0.15) is 0 Å². The molecule has 3 heteroatoms. The van der Waals surface area contributed by atoms with Crippen molar-refractivity contribution >= 4 is 5.97 Å². The number of methoxy groups -OCH3 is 1. The molecule has 1 aromatic carbocycles. The Labute approximate surface area is 94.3 Å². The zero-order chi connectivity index (χ0) is 11.5. The lowest BCUT2D eigenvalue weighted by Crippen LogP contribution is -2.09. The topological polar surface area (TPSA) is 31.2 Å². The van der Waals surface area contributed by atoms with Crippen LogP contribution in [0.4, 0.5) is 0 Å². The first-order valence-corrected chi connectivity index (χ1v) is 5.05. The molecule has 0 saturated carbocycles. The highest BCUT2D eigenvalue weighted by Gasteiger charge is 2.12. The Balaban J connectivity index is 2.53. The smallest absolute Gasteiger partial charge is 0.355 e. The minimum atomic E-state index is -0.326. The summed E-state index contributed by atoms with van der Waals surface area (Å²) in [5, 5.41) is 0. The van der Waals surface area contributed by atoms with Gasteiger partial charge in [-0.1, -0.05) is 18.2 Å². The molecule has 0 aliphatic carbocycles. The lowest BCUT2D eigenvalue weighted by Gasteiger charge is -2.10. The Morgan fingerprint density at radius 3 is 2.62 bits per heavy atom. The van der Waals surface area contributed by atoms with E-state index in [0.717, 1.165) is 11.3 Å². The van der Waals surface area contributed by atoms with Gasteiger partial charge < -0.3 is 9.30 Å². The fourth-order valence-electron chi connectivity index (χ4n) is 1.70. The molecule has 3 nitrogen and oxygen atoms in total. The standard InChI is InChI=1S/C13H13NO2/c1-10-6-3-4-7-11(10)14-9-5-8-12(14)13(15)16-2/h3-9H,1-2H3. The van der Waals surface area contributed by atoms with Crippen LogP contribution < -0.4 is 0 Å². The minimum absolute atomic E-state index is 0.326. The molecule has 0 saturated heterocycles. The summed E-state index contributed by atoms with van der Waals surface area (Å²) in [5.41, 5.74) is 2.65. The van der Waals surface area contributed by atoms with Gasteiger partial charge in [-0.05, 0) is 30.7 Å². The molecule has 82 valence electrons. The summed E-state index contributed by atoms with van der Waals surface area (Å²) in [6, 6.07) is 11.5. The van der Waals surface area contributed by atoms with Gasteiger partial charge in [0.1, 0.15) is 5.69 Å². The number of benzene rings is 1. The van der Waals surface area contributed by atoms with Crippen LogP contribution in [0.1, 0.15) is 16.1 Å². The lowest BCUT2D eigenvalue weighted by molar-refractivity contribution is 0.0591. The number of rotatable bonds is 2. The Morgan fingerprint density at radius 1 is 1.19 bits per heavy atom. The average Bonchev–Trinajstić information content (AvgIpc) is 2.77. The van der Waals surface area contributed by atoms with E-state index in [-0.39, 0.29) is 5.97 Å². The van der Waals surface area contributed by atoms with E-state index in [2.05, 4.69) is 0 Å². The number of carbonyl (C=O) groups excluding carboxylic acids is 1. The van der Waals surface area contributed by atoms with Crippen molar-refractivity contribution in [3.05, 3.63) is 53.9 Å². The molecule has 16 heavy (non-hydrogen) atoms. The summed E-state index contributed by atoms with van der Waals surface area (Å²) in [7, 11) is 1.39. The van der Waals surface area contributed by atoms with Gasteiger partial charge in [-0.3, -0.25) is 0 Å². The van der Waals surface area contributed by atoms with E-state index in [0.29, 0.717) is 5.69 Å². The van der Waals surface area contributed by atoms with Crippen molar-refractivity contribution in [3.63, 3.8) is 0 Å². The molecule has 1 aromatic heterocycles. The van der Waals surface area contributed by atoms with E-state index in [1.807, 2.05) is 48.0 Å². The second-order valence-corrected chi connectivity index (χ2v) is 3.54. The van der Waals surface area contributed by atoms with Gasteiger partial charge in [0.05, 0.1) is 7.11 Å². The predicted molar refractivity (Wildman–Crippen MR) is 61.8 cm³/mol. The maximum Gasteiger partial charge on any atom is 0.355 e. The summed E-state index contributed by atoms with van der Waals surface area (Å²) in [6.07, 6.45) is 1.86. The number of hydrogen-bond donors (Lipinski definition) is 0. The van der Waals surface area contributed by atoms with Crippen molar-refractivity contribution in [2.24, 2.45) is 0 Å². The van der Waals surface area contributed by atoms with Crippen LogP contribution in [0.15, 0.2) is 42.6 Å². The molecule has 0 amide bonds. The third-order valence-corrected chi connectivity index (χ3v) is 2.52. The summed E-state index contributed by atoms with van der Waals surface area (Å²) in [5.74, 6) is -0.326. The highest BCUT2D eigenvalue weighted by atomic mass is 16.5. The molecule has 0 aliphatic rings. The molecular weight excluding hydrogens is 202 g/mol. The number of aromatic nitrogens is 1. The van der Waals surface area contributed by atoms with Crippen LogP contribution in [0.25, 0.3) is 5.69 Å². The summed E-state index contributed by atoms with van der Waals surface area (Å²) in [6.45, 7) is 2.01. The van der Waals surface area contributed by atoms with Crippen LogP contribution in [0.2, 0.25) is 0 Å². The van der Waals surface area contributed by atoms with Crippen molar-refractivity contribution in [2.75, 3.05) is 7.11 Å². The number of hydrogen-bond acceptors (Lipinski definition) is 2. The van der Waals surface area contributed by atoms with Crippen LogP contribution in [-0.2, 0) is 4.74 Å². The van der Waals surface area contributed by atoms with Gasteiger partial charge in [-0.15, -0.1) is 0 Å². The van der Waals surface area contributed by atoms with Gasteiger partial charge in [0.15, 0.2) is 0 Å². The molecule has 1 heterocycles. The lowest BCUT2D eigenvalue weighted by atomic mass is 10.2. The maximum atomic E-state index is 11.5. The van der Waals surface area contributed by atoms with E-state index < -0.39 is 0 Å². The van der Waals surface area contributed by atoms with Gasteiger partial charge in [0.25, 0.3) is 0 Å². The zero-order valence-electron chi connectivity index (χ0n) is 9.31. The molecule has 0 unspecified atom stereocenters. The number of aryl methyl sites for hydroxylation is 1. The molecule has 0 fully saturated rings. The molecule has 0 spiro atoms. The van der Waals surface area contributed by atoms with Gasteiger partial charge in [-0.25, -0.2) is 4.79 Å².